The SMILES string of the molecule is C[C@H]1CC(C)(C)C[C@@H]1NC1CCN(c2ccc(C#N)cn2)CC1. The molecule has 2 heterocycles. The van der Waals surface area contributed by atoms with Crippen molar-refractivity contribution in [1.82, 2.24) is 10.3 Å². The number of nitrogens with zero attached hydrogens (tertiary/aromatic N) is 3. The summed E-state index contributed by atoms with van der Waals surface area (Å²) in [7, 11) is 0. The third-order valence-corrected chi connectivity index (χ3v) is 5.48. The third-order valence-electron chi connectivity index (χ3n) is 5.48. The van der Waals surface area contributed by atoms with Crippen molar-refractivity contribution in [3.05, 3.63) is 23.9 Å². The van der Waals surface area contributed by atoms with Gasteiger partial charge in [0.2, 0.25) is 0 Å². The second-order valence-corrected chi connectivity index (χ2v) is 8.10. The van der Waals surface area contributed by atoms with Gasteiger partial charge in [0, 0.05) is 31.4 Å². The van der Waals surface area contributed by atoms with Crippen molar-refractivity contribution in [2.75, 3.05) is 18.0 Å². The maximum absolute atomic E-state index is 8.86. The second kappa shape index (κ2) is 6.49. The van der Waals surface area contributed by atoms with Crippen LogP contribution in [-0.4, -0.2) is 30.2 Å². The van der Waals surface area contributed by atoms with Crippen LogP contribution in [0.15, 0.2) is 18.3 Å². The molecule has 0 spiro atoms. The van der Waals surface area contributed by atoms with Crippen molar-refractivity contribution >= 4 is 5.82 Å². The minimum Gasteiger partial charge on any atom is -0.357 e. The van der Waals surface area contributed by atoms with Gasteiger partial charge in [0.15, 0.2) is 0 Å². The molecule has 0 radical (unpaired) electrons. The summed E-state index contributed by atoms with van der Waals surface area (Å²) in [5.74, 6) is 1.78. The van der Waals surface area contributed by atoms with Gasteiger partial charge < -0.3 is 10.2 Å². The van der Waals surface area contributed by atoms with Crippen molar-refractivity contribution in [2.24, 2.45) is 11.3 Å². The standard InChI is InChI=1S/C19H28N4/c1-14-10-19(2,3)11-17(14)22-16-6-8-23(9-7-16)18-5-4-15(12-20)13-21-18/h4-5,13-14,16-17,22H,6-11H2,1-3H3/t14-,17-/m0/s1. The van der Waals surface area contributed by atoms with Gasteiger partial charge in [-0.1, -0.05) is 20.8 Å². The number of hydrogen-bond acceptors (Lipinski definition) is 4. The van der Waals surface area contributed by atoms with E-state index in [1.54, 1.807) is 6.20 Å². The van der Waals surface area contributed by atoms with E-state index in [1.165, 1.54) is 25.7 Å². The molecule has 1 N–H and O–H groups in total. The van der Waals surface area contributed by atoms with Crippen molar-refractivity contribution < 1.29 is 0 Å². The lowest BCUT2D eigenvalue weighted by Crippen LogP contribution is -2.47. The Labute approximate surface area is 139 Å². The molecular formula is C19H28N4. The third kappa shape index (κ3) is 3.84. The van der Waals surface area contributed by atoms with E-state index in [1.807, 2.05) is 12.1 Å². The summed E-state index contributed by atoms with van der Waals surface area (Å²) in [5, 5.41) is 12.8. The average molecular weight is 312 g/mol. The summed E-state index contributed by atoms with van der Waals surface area (Å²) in [5.41, 5.74) is 1.12. The van der Waals surface area contributed by atoms with Crippen LogP contribution in [-0.2, 0) is 0 Å². The first kappa shape index (κ1) is 16.3. The molecule has 1 saturated carbocycles. The van der Waals surface area contributed by atoms with Crippen molar-refractivity contribution in [1.29, 1.82) is 5.26 Å². The van der Waals surface area contributed by atoms with Gasteiger partial charge in [-0.05, 0) is 49.1 Å². The summed E-state index contributed by atoms with van der Waals surface area (Å²) >= 11 is 0. The van der Waals surface area contributed by atoms with E-state index < -0.39 is 0 Å². The number of rotatable bonds is 3. The molecule has 1 saturated heterocycles. The molecule has 0 bridgehead atoms. The number of aromatic nitrogens is 1. The Morgan fingerprint density at radius 1 is 1.26 bits per heavy atom. The van der Waals surface area contributed by atoms with Gasteiger partial charge in [0.05, 0.1) is 5.56 Å². The fourth-order valence-electron chi connectivity index (χ4n) is 4.33. The summed E-state index contributed by atoms with van der Waals surface area (Å²) in [4.78, 5) is 6.75. The van der Waals surface area contributed by atoms with Gasteiger partial charge in [-0.3, -0.25) is 0 Å². The van der Waals surface area contributed by atoms with Gasteiger partial charge >= 0.3 is 0 Å². The monoisotopic (exact) mass is 312 g/mol. The van der Waals surface area contributed by atoms with Crippen LogP contribution in [0.25, 0.3) is 0 Å². The normalized spacial score (nSPS) is 27.8. The molecule has 124 valence electrons. The molecule has 1 aromatic heterocycles. The van der Waals surface area contributed by atoms with E-state index in [-0.39, 0.29) is 0 Å². The molecular weight excluding hydrogens is 284 g/mol. The largest absolute Gasteiger partial charge is 0.357 e. The van der Waals surface area contributed by atoms with Crippen LogP contribution in [0.1, 0.15) is 52.0 Å². The highest BCUT2D eigenvalue weighted by molar-refractivity contribution is 5.42. The van der Waals surface area contributed by atoms with E-state index >= 15 is 0 Å². The molecule has 1 aliphatic heterocycles. The second-order valence-electron chi connectivity index (χ2n) is 8.10. The Morgan fingerprint density at radius 2 is 2.00 bits per heavy atom. The fourth-order valence-corrected chi connectivity index (χ4v) is 4.33. The Kier molecular flexibility index (Phi) is 4.59. The Morgan fingerprint density at radius 3 is 2.52 bits per heavy atom. The van der Waals surface area contributed by atoms with Gasteiger partial charge in [-0.15, -0.1) is 0 Å². The molecule has 2 fully saturated rings. The summed E-state index contributed by atoms with van der Waals surface area (Å²) < 4.78 is 0. The minimum absolute atomic E-state index is 0.490. The Balaban J connectivity index is 1.51. The molecule has 23 heavy (non-hydrogen) atoms. The number of hydrogen-bond donors (Lipinski definition) is 1. The van der Waals surface area contributed by atoms with E-state index in [2.05, 4.69) is 42.0 Å². The van der Waals surface area contributed by atoms with Crippen LogP contribution in [0.3, 0.4) is 0 Å². The summed E-state index contributed by atoms with van der Waals surface area (Å²) in [6.07, 6.45) is 6.64. The number of pyridine rings is 1. The zero-order valence-electron chi connectivity index (χ0n) is 14.5. The number of anilines is 1. The minimum atomic E-state index is 0.490. The summed E-state index contributed by atoms with van der Waals surface area (Å²) in [6, 6.07) is 7.25. The molecule has 1 aliphatic carbocycles. The molecule has 4 nitrogen and oxygen atoms in total. The first-order valence-corrected chi connectivity index (χ1v) is 8.84. The van der Waals surface area contributed by atoms with Crippen LogP contribution in [0.4, 0.5) is 5.82 Å². The van der Waals surface area contributed by atoms with E-state index in [0.717, 1.165) is 24.8 Å². The fraction of sp³-hybridized carbons (Fsp3) is 0.684. The number of nitriles is 1. The maximum atomic E-state index is 8.86. The summed E-state index contributed by atoms with van der Waals surface area (Å²) in [6.45, 7) is 9.26. The van der Waals surface area contributed by atoms with Gasteiger partial charge in [0.25, 0.3) is 0 Å². The van der Waals surface area contributed by atoms with Gasteiger partial charge in [-0.25, -0.2) is 4.98 Å². The zero-order chi connectivity index (χ0) is 16.4. The lowest BCUT2D eigenvalue weighted by atomic mass is 9.91. The quantitative estimate of drug-likeness (QED) is 0.930. The highest BCUT2D eigenvalue weighted by atomic mass is 15.2. The molecule has 0 unspecified atom stereocenters. The van der Waals surface area contributed by atoms with E-state index in [0.29, 0.717) is 23.1 Å². The molecule has 3 rings (SSSR count). The number of nitrogens with one attached hydrogen (secondary N) is 1. The van der Waals surface area contributed by atoms with E-state index in [9.17, 15) is 0 Å². The molecule has 1 aromatic rings. The first-order valence-electron chi connectivity index (χ1n) is 8.84. The van der Waals surface area contributed by atoms with Crippen LogP contribution >= 0.6 is 0 Å². The predicted molar refractivity (Wildman–Crippen MR) is 93.3 cm³/mol. The smallest absolute Gasteiger partial charge is 0.128 e. The number of piperidine rings is 1. The predicted octanol–water partition coefficient (Wildman–Crippen LogP) is 3.34. The van der Waals surface area contributed by atoms with Crippen LogP contribution in [0.5, 0.6) is 0 Å². The average Bonchev–Trinajstić information content (AvgIpc) is 2.80. The maximum Gasteiger partial charge on any atom is 0.128 e. The lowest BCUT2D eigenvalue weighted by Gasteiger charge is -2.35. The highest BCUT2D eigenvalue weighted by Gasteiger charge is 2.37. The van der Waals surface area contributed by atoms with Crippen LogP contribution in [0.2, 0.25) is 0 Å². The zero-order valence-corrected chi connectivity index (χ0v) is 14.5. The molecule has 2 atom stereocenters. The Bertz CT molecular complexity index is 564. The van der Waals surface area contributed by atoms with Gasteiger partial charge in [0.1, 0.15) is 11.9 Å². The van der Waals surface area contributed by atoms with Crippen LogP contribution in [0, 0.1) is 22.7 Å². The lowest BCUT2D eigenvalue weighted by molar-refractivity contribution is 0.322. The first-order chi connectivity index (χ1) is 11.0. The van der Waals surface area contributed by atoms with Crippen molar-refractivity contribution in [2.45, 2.75) is 58.5 Å². The van der Waals surface area contributed by atoms with Crippen LogP contribution < -0.4 is 10.2 Å². The van der Waals surface area contributed by atoms with E-state index in [4.69, 9.17) is 5.26 Å². The topological polar surface area (TPSA) is 52.0 Å². The molecule has 2 aliphatic rings. The highest BCUT2D eigenvalue weighted by Crippen LogP contribution is 2.41. The molecule has 0 aromatic carbocycles. The van der Waals surface area contributed by atoms with Crippen molar-refractivity contribution in [3.63, 3.8) is 0 Å². The molecule has 4 heteroatoms. The van der Waals surface area contributed by atoms with Gasteiger partial charge in [-0.2, -0.15) is 5.26 Å². The van der Waals surface area contributed by atoms with Crippen molar-refractivity contribution in [3.8, 4) is 6.07 Å². The Hall–Kier alpha value is -1.60. The molecule has 0 amide bonds.